The lowest BCUT2D eigenvalue weighted by atomic mass is 10.2. The summed E-state index contributed by atoms with van der Waals surface area (Å²) >= 11 is 0. The minimum absolute atomic E-state index is 0.208. The second-order valence-corrected chi connectivity index (χ2v) is 7.10. The van der Waals surface area contributed by atoms with Gasteiger partial charge in [0.2, 0.25) is 0 Å². The summed E-state index contributed by atoms with van der Waals surface area (Å²) in [5.41, 5.74) is 3.03. The molecule has 0 spiro atoms. The summed E-state index contributed by atoms with van der Waals surface area (Å²) in [5.74, 6) is 1.19. The van der Waals surface area contributed by atoms with E-state index >= 15 is 0 Å². The number of sulfone groups is 1. The molecule has 19 heavy (non-hydrogen) atoms. The lowest BCUT2D eigenvalue weighted by Gasteiger charge is -2.08. The van der Waals surface area contributed by atoms with Gasteiger partial charge in [-0.15, -0.1) is 0 Å². The van der Waals surface area contributed by atoms with Crippen LogP contribution in [0.3, 0.4) is 0 Å². The average Bonchev–Trinajstić information content (AvgIpc) is 2.67. The van der Waals surface area contributed by atoms with Gasteiger partial charge < -0.3 is 4.57 Å². The van der Waals surface area contributed by atoms with Crippen LogP contribution in [0.5, 0.6) is 0 Å². The van der Waals surface area contributed by atoms with Crippen molar-refractivity contribution in [2.24, 2.45) is 0 Å². The molecule has 2 aromatic rings. The number of aryl methyl sites for hydroxylation is 3. The highest BCUT2D eigenvalue weighted by molar-refractivity contribution is 7.90. The predicted molar refractivity (Wildman–Crippen MR) is 76.0 cm³/mol. The molecule has 6 heteroatoms. The summed E-state index contributed by atoms with van der Waals surface area (Å²) in [6.45, 7) is 4.73. The van der Waals surface area contributed by atoms with Crippen molar-refractivity contribution < 1.29 is 8.42 Å². The summed E-state index contributed by atoms with van der Waals surface area (Å²) < 4.78 is 24.5. The summed E-state index contributed by atoms with van der Waals surface area (Å²) in [6, 6.07) is 0. The molecular formula is C13H19N3O2S. The quantitative estimate of drug-likeness (QED) is 0.837. The van der Waals surface area contributed by atoms with Crippen LogP contribution in [0.4, 0.5) is 0 Å². The first kappa shape index (κ1) is 14.0. The standard InChI is InChI=1S/C13H19N3O2S/c1-4-12-15-11-9-14-8-10(2)13(11)16(12)6-5-7-19(3,17)18/h8-9H,4-7H2,1-3H3. The topological polar surface area (TPSA) is 64.8 Å². The highest BCUT2D eigenvalue weighted by atomic mass is 32.2. The molecular weight excluding hydrogens is 262 g/mol. The van der Waals surface area contributed by atoms with E-state index in [-0.39, 0.29) is 5.75 Å². The van der Waals surface area contributed by atoms with Crippen molar-refractivity contribution in [3.8, 4) is 0 Å². The minimum Gasteiger partial charge on any atom is -0.328 e. The third-order valence-corrected chi connectivity index (χ3v) is 4.16. The summed E-state index contributed by atoms with van der Waals surface area (Å²) in [5, 5.41) is 0. The zero-order valence-electron chi connectivity index (χ0n) is 11.5. The zero-order valence-corrected chi connectivity index (χ0v) is 12.4. The van der Waals surface area contributed by atoms with Crippen LogP contribution < -0.4 is 0 Å². The second-order valence-electron chi connectivity index (χ2n) is 4.84. The first-order valence-electron chi connectivity index (χ1n) is 6.40. The van der Waals surface area contributed by atoms with Gasteiger partial charge in [-0.2, -0.15) is 0 Å². The fourth-order valence-corrected chi connectivity index (χ4v) is 2.95. The van der Waals surface area contributed by atoms with Crippen LogP contribution in [0.25, 0.3) is 11.0 Å². The maximum atomic E-state index is 11.2. The van der Waals surface area contributed by atoms with Gasteiger partial charge in [0.15, 0.2) is 0 Å². The Hall–Kier alpha value is -1.43. The number of imidazole rings is 1. The highest BCUT2D eigenvalue weighted by Gasteiger charge is 2.12. The van der Waals surface area contributed by atoms with E-state index in [1.165, 1.54) is 6.26 Å². The van der Waals surface area contributed by atoms with Gasteiger partial charge in [-0.3, -0.25) is 4.98 Å². The van der Waals surface area contributed by atoms with E-state index in [9.17, 15) is 8.42 Å². The number of hydrogen-bond acceptors (Lipinski definition) is 4. The molecule has 0 aliphatic rings. The molecule has 0 aliphatic heterocycles. The van der Waals surface area contributed by atoms with Crippen molar-refractivity contribution >= 4 is 20.9 Å². The Morgan fingerprint density at radius 3 is 2.68 bits per heavy atom. The second kappa shape index (κ2) is 5.28. The smallest absolute Gasteiger partial charge is 0.147 e. The zero-order chi connectivity index (χ0) is 14.0. The first-order valence-corrected chi connectivity index (χ1v) is 8.46. The number of nitrogens with zero attached hydrogens (tertiary/aromatic N) is 3. The third-order valence-electron chi connectivity index (χ3n) is 3.13. The Balaban J connectivity index is 2.35. The number of aromatic nitrogens is 3. The van der Waals surface area contributed by atoms with Crippen LogP contribution in [0, 0.1) is 6.92 Å². The van der Waals surface area contributed by atoms with Gasteiger partial charge in [0.25, 0.3) is 0 Å². The Labute approximate surface area is 113 Å². The van der Waals surface area contributed by atoms with Gasteiger partial charge in [0, 0.05) is 25.4 Å². The SMILES string of the molecule is CCc1nc2cncc(C)c2n1CCCS(C)(=O)=O. The molecule has 2 heterocycles. The van der Waals surface area contributed by atoms with E-state index in [1.807, 2.05) is 13.1 Å². The van der Waals surface area contributed by atoms with Crippen molar-refractivity contribution in [3.63, 3.8) is 0 Å². The fourth-order valence-electron chi connectivity index (χ4n) is 2.30. The number of fused-ring (bicyclic) bond motifs is 1. The molecule has 2 rings (SSSR count). The van der Waals surface area contributed by atoms with E-state index in [4.69, 9.17) is 0 Å². The van der Waals surface area contributed by atoms with E-state index in [0.29, 0.717) is 13.0 Å². The molecule has 0 aliphatic carbocycles. The largest absolute Gasteiger partial charge is 0.328 e. The molecule has 0 N–H and O–H groups in total. The third kappa shape index (κ3) is 3.12. The van der Waals surface area contributed by atoms with Gasteiger partial charge in [-0.25, -0.2) is 13.4 Å². The van der Waals surface area contributed by atoms with Crippen LogP contribution in [0.1, 0.15) is 24.7 Å². The molecule has 2 aromatic heterocycles. The van der Waals surface area contributed by atoms with Crippen LogP contribution in [0.15, 0.2) is 12.4 Å². The van der Waals surface area contributed by atoms with Crippen molar-refractivity contribution in [1.29, 1.82) is 0 Å². The molecule has 0 bridgehead atoms. The van der Waals surface area contributed by atoms with Gasteiger partial charge >= 0.3 is 0 Å². The lowest BCUT2D eigenvalue weighted by Crippen LogP contribution is -2.09. The van der Waals surface area contributed by atoms with Crippen molar-refractivity contribution in [2.75, 3.05) is 12.0 Å². The van der Waals surface area contributed by atoms with Crippen LogP contribution in [-0.4, -0.2) is 35.0 Å². The van der Waals surface area contributed by atoms with E-state index in [0.717, 1.165) is 28.8 Å². The Morgan fingerprint density at radius 1 is 1.32 bits per heavy atom. The van der Waals surface area contributed by atoms with Crippen molar-refractivity contribution in [2.45, 2.75) is 33.2 Å². The lowest BCUT2D eigenvalue weighted by molar-refractivity contribution is 0.590. The molecule has 104 valence electrons. The Morgan fingerprint density at radius 2 is 2.05 bits per heavy atom. The normalized spacial score (nSPS) is 12.2. The van der Waals surface area contributed by atoms with Crippen LogP contribution in [-0.2, 0) is 22.8 Å². The molecule has 0 saturated heterocycles. The summed E-state index contributed by atoms with van der Waals surface area (Å²) in [6.07, 6.45) is 6.28. The van der Waals surface area contributed by atoms with Crippen LogP contribution >= 0.6 is 0 Å². The molecule has 0 aromatic carbocycles. The predicted octanol–water partition coefficient (Wildman–Crippen LogP) is 1.74. The van der Waals surface area contributed by atoms with Crippen LogP contribution in [0.2, 0.25) is 0 Å². The minimum atomic E-state index is -2.91. The summed E-state index contributed by atoms with van der Waals surface area (Å²) in [7, 11) is -2.91. The van der Waals surface area contributed by atoms with Crippen molar-refractivity contribution in [1.82, 2.24) is 14.5 Å². The van der Waals surface area contributed by atoms with Gasteiger partial charge in [0.05, 0.1) is 17.5 Å². The fraction of sp³-hybridized carbons (Fsp3) is 0.538. The Kier molecular flexibility index (Phi) is 3.89. The molecule has 0 radical (unpaired) electrons. The van der Waals surface area contributed by atoms with Gasteiger partial charge in [-0.1, -0.05) is 6.92 Å². The number of pyridine rings is 1. The highest BCUT2D eigenvalue weighted by Crippen LogP contribution is 2.19. The van der Waals surface area contributed by atoms with E-state index in [1.54, 1.807) is 6.20 Å². The molecule has 0 fully saturated rings. The molecule has 0 unspecified atom stereocenters. The summed E-state index contributed by atoms with van der Waals surface area (Å²) in [4.78, 5) is 8.71. The van der Waals surface area contributed by atoms with Crippen molar-refractivity contribution in [3.05, 3.63) is 23.8 Å². The number of rotatable bonds is 5. The molecule has 0 atom stereocenters. The first-order chi connectivity index (χ1) is 8.92. The maximum Gasteiger partial charge on any atom is 0.147 e. The molecule has 5 nitrogen and oxygen atoms in total. The monoisotopic (exact) mass is 281 g/mol. The van der Waals surface area contributed by atoms with E-state index in [2.05, 4.69) is 21.5 Å². The maximum absolute atomic E-state index is 11.2. The van der Waals surface area contributed by atoms with Gasteiger partial charge in [0.1, 0.15) is 21.2 Å². The average molecular weight is 281 g/mol. The van der Waals surface area contributed by atoms with Gasteiger partial charge in [-0.05, 0) is 18.9 Å². The Bertz CT molecular complexity index is 689. The molecule has 0 saturated carbocycles. The molecule has 0 amide bonds. The number of hydrogen-bond donors (Lipinski definition) is 0. The van der Waals surface area contributed by atoms with E-state index < -0.39 is 9.84 Å².